The largest absolute Gasteiger partial charge is 0.497 e. The van der Waals surface area contributed by atoms with Crippen LogP contribution in [0, 0.1) is 0 Å². The fourth-order valence-electron chi connectivity index (χ4n) is 3.04. The second-order valence-corrected chi connectivity index (χ2v) is 6.61. The number of fused-ring (bicyclic) bond motifs is 1. The van der Waals surface area contributed by atoms with Crippen LogP contribution in [0.3, 0.4) is 0 Å². The fraction of sp³-hybridized carbons (Fsp3) is 0.263. The van der Waals surface area contributed by atoms with Gasteiger partial charge in [0, 0.05) is 27.2 Å². The van der Waals surface area contributed by atoms with Gasteiger partial charge >= 0.3 is 0 Å². The molecule has 2 aromatic carbocycles. The molecule has 0 amide bonds. The number of ether oxygens (including phenoxy) is 1. The number of rotatable bonds is 6. The summed E-state index contributed by atoms with van der Waals surface area (Å²) in [5, 5.41) is 2.33. The molecule has 0 bridgehead atoms. The molecule has 24 heavy (non-hydrogen) atoms. The van der Waals surface area contributed by atoms with Gasteiger partial charge in [0.2, 0.25) is 0 Å². The van der Waals surface area contributed by atoms with E-state index in [9.17, 15) is 0 Å². The van der Waals surface area contributed by atoms with Crippen LogP contribution in [-0.4, -0.2) is 18.6 Å². The highest BCUT2D eigenvalue weighted by Gasteiger charge is 2.16. The summed E-state index contributed by atoms with van der Waals surface area (Å²) >= 11 is 12.7. The van der Waals surface area contributed by atoms with Crippen molar-refractivity contribution in [2.24, 2.45) is 5.73 Å². The molecule has 3 aromatic rings. The highest BCUT2D eigenvalue weighted by molar-refractivity contribution is 6.39. The monoisotopic (exact) mass is 362 g/mol. The summed E-state index contributed by atoms with van der Waals surface area (Å²) in [6.45, 7) is 0.691. The molecule has 3 nitrogen and oxygen atoms in total. The summed E-state index contributed by atoms with van der Waals surface area (Å²) in [6, 6.07) is 11.7. The lowest BCUT2D eigenvalue weighted by molar-refractivity contribution is 0.415. The lowest BCUT2D eigenvalue weighted by Crippen LogP contribution is -1.99. The summed E-state index contributed by atoms with van der Waals surface area (Å²) in [5.74, 6) is 0.822. The fourth-order valence-corrected chi connectivity index (χ4v) is 3.64. The van der Waals surface area contributed by atoms with Crippen LogP contribution in [0.4, 0.5) is 0 Å². The molecule has 126 valence electrons. The molecular formula is C19H20Cl2N2O. The van der Waals surface area contributed by atoms with E-state index in [1.807, 2.05) is 24.3 Å². The van der Waals surface area contributed by atoms with Gasteiger partial charge in [-0.25, -0.2) is 0 Å². The van der Waals surface area contributed by atoms with E-state index in [0.29, 0.717) is 16.6 Å². The predicted molar refractivity (Wildman–Crippen MR) is 102 cm³/mol. The van der Waals surface area contributed by atoms with Gasteiger partial charge in [-0.1, -0.05) is 35.3 Å². The zero-order chi connectivity index (χ0) is 17.1. The predicted octanol–water partition coefficient (Wildman–Crippen LogP) is 5.43. The molecule has 0 aliphatic carbocycles. The van der Waals surface area contributed by atoms with E-state index in [4.69, 9.17) is 33.7 Å². The minimum Gasteiger partial charge on any atom is -0.497 e. The number of aryl methyl sites for hydroxylation is 1. The third-order valence-corrected chi connectivity index (χ3v) is 4.67. The second kappa shape index (κ2) is 7.47. The Morgan fingerprint density at radius 1 is 1.12 bits per heavy atom. The zero-order valence-electron chi connectivity index (χ0n) is 13.5. The molecule has 0 atom stereocenters. The van der Waals surface area contributed by atoms with E-state index in [2.05, 4.69) is 11.1 Å². The highest BCUT2D eigenvalue weighted by Crippen LogP contribution is 2.38. The molecule has 0 saturated heterocycles. The summed E-state index contributed by atoms with van der Waals surface area (Å²) < 4.78 is 5.35. The first kappa shape index (κ1) is 17.2. The summed E-state index contributed by atoms with van der Waals surface area (Å²) in [4.78, 5) is 3.48. The molecule has 0 saturated carbocycles. The van der Waals surface area contributed by atoms with Gasteiger partial charge in [0.15, 0.2) is 0 Å². The van der Waals surface area contributed by atoms with Crippen LogP contribution in [0.25, 0.3) is 22.2 Å². The van der Waals surface area contributed by atoms with Crippen molar-refractivity contribution in [2.45, 2.75) is 19.3 Å². The van der Waals surface area contributed by atoms with Crippen LogP contribution >= 0.6 is 23.2 Å². The van der Waals surface area contributed by atoms with Crippen molar-refractivity contribution in [3.63, 3.8) is 0 Å². The van der Waals surface area contributed by atoms with Crippen molar-refractivity contribution in [1.29, 1.82) is 0 Å². The van der Waals surface area contributed by atoms with Crippen LogP contribution in [-0.2, 0) is 6.42 Å². The number of methoxy groups -OCH3 is 1. The van der Waals surface area contributed by atoms with E-state index in [1.165, 1.54) is 5.56 Å². The van der Waals surface area contributed by atoms with Crippen LogP contribution in [0.5, 0.6) is 5.75 Å². The lowest BCUT2D eigenvalue weighted by Gasteiger charge is -2.07. The number of H-pyrrole nitrogens is 1. The van der Waals surface area contributed by atoms with Gasteiger partial charge < -0.3 is 15.5 Å². The Bertz CT molecular complexity index is 858. The molecule has 0 spiro atoms. The number of aromatic amines is 1. The molecule has 3 N–H and O–H groups in total. The second-order valence-electron chi connectivity index (χ2n) is 5.77. The molecule has 1 heterocycles. The van der Waals surface area contributed by atoms with Gasteiger partial charge in [-0.05, 0) is 55.6 Å². The standard InChI is InChI=1S/C19H20Cl2N2O/c1-24-14-6-4-5-12(9-14)19-15(7-2-3-8-22)18-16(21)10-13(20)11-17(18)23-19/h4-6,9-11,23H,2-3,7-8,22H2,1H3. The Morgan fingerprint density at radius 3 is 2.71 bits per heavy atom. The van der Waals surface area contributed by atoms with E-state index >= 15 is 0 Å². The normalized spacial score (nSPS) is 11.2. The van der Waals surface area contributed by atoms with E-state index in [1.54, 1.807) is 13.2 Å². The maximum atomic E-state index is 6.49. The number of benzene rings is 2. The van der Waals surface area contributed by atoms with Crippen molar-refractivity contribution in [3.8, 4) is 17.0 Å². The third kappa shape index (κ3) is 3.39. The van der Waals surface area contributed by atoms with Crippen molar-refractivity contribution >= 4 is 34.1 Å². The third-order valence-electron chi connectivity index (χ3n) is 4.16. The van der Waals surface area contributed by atoms with Crippen molar-refractivity contribution in [2.75, 3.05) is 13.7 Å². The molecular weight excluding hydrogens is 343 g/mol. The number of nitrogens with one attached hydrogen (secondary N) is 1. The number of hydrogen-bond donors (Lipinski definition) is 2. The average Bonchev–Trinajstić information content (AvgIpc) is 2.94. The Morgan fingerprint density at radius 2 is 1.96 bits per heavy atom. The van der Waals surface area contributed by atoms with Crippen LogP contribution in [0.2, 0.25) is 10.0 Å². The maximum Gasteiger partial charge on any atom is 0.119 e. The molecule has 0 aliphatic heterocycles. The van der Waals surface area contributed by atoms with Gasteiger partial charge in [0.1, 0.15) is 5.75 Å². The minimum absolute atomic E-state index is 0.624. The Balaban J connectivity index is 2.17. The summed E-state index contributed by atoms with van der Waals surface area (Å²) in [6.07, 6.45) is 2.90. The molecule has 0 fully saturated rings. The van der Waals surface area contributed by atoms with Crippen LogP contribution in [0.15, 0.2) is 36.4 Å². The van der Waals surface area contributed by atoms with Gasteiger partial charge in [-0.15, -0.1) is 0 Å². The number of hydrogen-bond acceptors (Lipinski definition) is 2. The number of nitrogens with two attached hydrogens (primary N) is 1. The first-order chi connectivity index (χ1) is 11.6. The first-order valence-electron chi connectivity index (χ1n) is 7.98. The molecule has 1 aromatic heterocycles. The van der Waals surface area contributed by atoms with Crippen LogP contribution < -0.4 is 10.5 Å². The first-order valence-corrected chi connectivity index (χ1v) is 8.73. The number of aromatic nitrogens is 1. The smallest absolute Gasteiger partial charge is 0.119 e. The topological polar surface area (TPSA) is 51.0 Å². The van der Waals surface area contributed by atoms with Gasteiger partial charge in [-0.2, -0.15) is 0 Å². The van der Waals surface area contributed by atoms with Gasteiger partial charge in [0.05, 0.1) is 12.1 Å². The quantitative estimate of drug-likeness (QED) is 0.574. The van der Waals surface area contributed by atoms with Crippen molar-refractivity contribution in [1.82, 2.24) is 4.98 Å². The Labute approximate surface area is 151 Å². The highest BCUT2D eigenvalue weighted by atomic mass is 35.5. The van der Waals surface area contributed by atoms with E-state index < -0.39 is 0 Å². The van der Waals surface area contributed by atoms with Gasteiger partial charge in [0.25, 0.3) is 0 Å². The van der Waals surface area contributed by atoms with E-state index in [-0.39, 0.29) is 0 Å². The summed E-state index contributed by atoms with van der Waals surface area (Å²) in [5.41, 5.74) is 9.93. The zero-order valence-corrected chi connectivity index (χ0v) is 15.0. The molecule has 5 heteroatoms. The van der Waals surface area contributed by atoms with Crippen molar-refractivity contribution < 1.29 is 4.74 Å². The number of unbranched alkanes of at least 4 members (excludes halogenated alkanes) is 1. The lowest BCUT2D eigenvalue weighted by atomic mass is 10.00. The average molecular weight is 363 g/mol. The maximum absolute atomic E-state index is 6.49. The minimum atomic E-state index is 0.624. The SMILES string of the molecule is COc1cccc(-c2[nH]c3cc(Cl)cc(Cl)c3c2CCCCN)c1. The molecule has 0 unspecified atom stereocenters. The summed E-state index contributed by atoms with van der Waals surface area (Å²) in [7, 11) is 1.67. The molecule has 0 aliphatic rings. The molecule has 3 rings (SSSR count). The number of halogens is 2. The molecule has 0 radical (unpaired) electrons. The Hall–Kier alpha value is -1.68. The van der Waals surface area contributed by atoms with Crippen LogP contribution in [0.1, 0.15) is 18.4 Å². The van der Waals surface area contributed by atoms with E-state index in [0.717, 1.165) is 47.2 Å². The van der Waals surface area contributed by atoms with Gasteiger partial charge in [-0.3, -0.25) is 0 Å². The van der Waals surface area contributed by atoms with Crippen molar-refractivity contribution in [3.05, 3.63) is 52.0 Å². The Kier molecular flexibility index (Phi) is 5.34.